The number of rotatable bonds is 2. The van der Waals surface area contributed by atoms with E-state index in [-0.39, 0.29) is 11.8 Å². The summed E-state index contributed by atoms with van der Waals surface area (Å²) in [5, 5.41) is 2.69. The van der Waals surface area contributed by atoms with Gasteiger partial charge >= 0.3 is 12.1 Å². The summed E-state index contributed by atoms with van der Waals surface area (Å²) in [5.41, 5.74) is -2.25. The molecule has 0 aromatic rings. The van der Waals surface area contributed by atoms with E-state index in [1.54, 1.807) is 20.9 Å². The molecule has 0 bridgehead atoms. The van der Waals surface area contributed by atoms with Crippen LogP contribution in [0.1, 0.15) is 27.7 Å². The van der Waals surface area contributed by atoms with E-state index in [1.807, 2.05) is 0 Å². The van der Waals surface area contributed by atoms with E-state index in [2.05, 4.69) is 5.32 Å². The van der Waals surface area contributed by atoms with E-state index in [0.717, 1.165) is 4.90 Å². The van der Waals surface area contributed by atoms with E-state index < -0.39 is 29.2 Å². The van der Waals surface area contributed by atoms with Crippen LogP contribution in [0.25, 0.3) is 0 Å². The zero-order valence-electron chi connectivity index (χ0n) is 13.1. The summed E-state index contributed by atoms with van der Waals surface area (Å²) >= 11 is 0. The first-order chi connectivity index (χ1) is 9.50. The van der Waals surface area contributed by atoms with Crippen LogP contribution in [0.5, 0.6) is 0 Å². The highest BCUT2D eigenvalue weighted by Crippen LogP contribution is 2.45. The van der Waals surface area contributed by atoms with Crippen molar-refractivity contribution in [2.24, 2.45) is 5.92 Å². The van der Waals surface area contributed by atoms with Crippen LogP contribution >= 0.6 is 0 Å². The molecule has 0 aromatic carbocycles. The lowest BCUT2D eigenvalue weighted by Gasteiger charge is -2.41. The second-order valence-electron chi connectivity index (χ2n) is 5.93. The van der Waals surface area contributed by atoms with Crippen LogP contribution in [0, 0.1) is 5.92 Å². The summed E-state index contributed by atoms with van der Waals surface area (Å²) in [6, 6.07) is -0.919. The molecule has 3 atom stereocenters. The summed E-state index contributed by atoms with van der Waals surface area (Å²) in [6.07, 6.45) is 0. The van der Waals surface area contributed by atoms with Gasteiger partial charge < -0.3 is 15.1 Å². The van der Waals surface area contributed by atoms with Gasteiger partial charge in [-0.05, 0) is 27.7 Å². The summed E-state index contributed by atoms with van der Waals surface area (Å²) in [5.74, 6) is -1.88. The standard InChI is InChI=1S/C13H20N4O4/c1-7(8(2)18)9(19)17-11(21)16(6)13(4)12(17,3)14-10(20)15(13)5/h7H,1-6H3,(H,14,20)/t7-,12-,13-/m1/s1. The third-order valence-corrected chi connectivity index (χ3v) is 5.01. The lowest BCUT2D eigenvalue weighted by molar-refractivity contribution is -0.141. The quantitative estimate of drug-likeness (QED) is 0.737. The van der Waals surface area contributed by atoms with Crippen molar-refractivity contribution in [2.75, 3.05) is 14.1 Å². The summed E-state index contributed by atoms with van der Waals surface area (Å²) in [7, 11) is 3.09. The molecule has 8 nitrogen and oxygen atoms in total. The third-order valence-electron chi connectivity index (χ3n) is 5.01. The molecule has 0 spiro atoms. The number of ketones is 1. The van der Waals surface area contributed by atoms with Crippen LogP contribution in [-0.2, 0) is 9.59 Å². The number of carbonyl (C=O) groups excluding carboxylic acids is 4. The maximum absolute atomic E-state index is 12.5. The Balaban J connectivity index is 2.54. The number of carbonyl (C=O) groups is 4. The van der Waals surface area contributed by atoms with Crippen molar-refractivity contribution < 1.29 is 19.2 Å². The van der Waals surface area contributed by atoms with Crippen LogP contribution in [0.4, 0.5) is 9.59 Å². The number of likely N-dealkylation sites (N-methyl/N-ethyl adjacent to an activating group) is 2. The molecule has 0 aromatic heterocycles. The minimum atomic E-state index is -1.23. The SMILES string of the molecule is CC(=O)[C@@H](C)C(=O)N1C(=O)N(C)[C@@]2(C)N(C)C(=O)N[C@]12C. The van der Waals surface area contributed by atoms with Crippen molar-refractivity contribution in [3.05, 3.63) is 0 Å². The molecule has 2 heterocycles. The van der Waals surface area contributed by atoms with E-state index in [9.17, 15) is 19.2 Å². The Morgan fingerprint density at radius 3 is 2.14 bits per heavy atom. The molecule has 0 radical (unpaired) electrons. The topological polar surface area (TPSA) is 90.0 Å². The second-order valence-corrected chi connectivity index (χ2v) is 5.93. The minimum Gasteiger partial charge on any atom is -0.311 e. The highest BCUT2D eigenvalue weighted by atomic mass is 16.2. The zero-order valence-corrected chi connectivity index (χ0v) is 13.1. The number of nitrogens with zero attached hydrogens (tertiary/aromatic N) is 3. The number of urea groups is 2. The maximum atomic E-state index is 12.5. The maximum Gasteiger partial charge on any atom is 0.330 e. The molecule has 1 N–H and O–H groups in total. The number of nitrogens with one attached hydrogen (secondary N) is 1. The van der Waals surface area contributed by atoms with Gasteiger partial charge in [-0.25, -0.2) is 14.5 Å². The van der Waals surface area contributed by atoms with Gasteiger partial charge in [-0.2, -0.15) is 0 Å². The lowest BCUT2D eigenvalue weighted by Crippen LogP contribution is -2.64. The first-order valence-corrected chi connectivity index (χ1v) is 6.68. The third kappa shape index (κ3) is 1.55. The van der Waals surface area contributed by atoms with Gasteiger partial charge in [-0.15, -0.1) is 0 Å². The molecule has 8 heteroatoms. The Bertz CT molecular complexity index is 562. The molecule has 2 rings (SSSR count). The largest absolute Gasteiger partial charge is 0.330 e. The van der Waals surface area contributed by atoms with E-state index in [0.29, 0.717) is 0 Å². The Kier molecular flexibility index (Phi) is 3.05. The molecular formula is C13H20N4O4. The molecule has 2 fully saturated rings. The number of amides is 5. The van der Waals surface area contributed by atoms with Crippen LogP contribution in [0.2, 0.25) is 0 Å². The average Bonchev–Trinajstić information content (AvgIpc) is 2.67. The van der Waals surface area contributed by atoms with E-state index in [1.165, 1.54) is 30.7 Å². The smallest absolute Gasteiger partial charge is 0.311 e. The fourth-order valence-electron chi connectivity index (χ4n) is 2.96. The van der Waals surface area contributed by atoms with Crippen LogP contribution < -0.4 is 5.32 Å². The average molecular weight is 296 g/mol. The van der Waals surface area contributed by atoms with Gasteiger partial charge in [0.15, 0.2) is 11.3 Å². The van der Waals surface area contributed by atoms with Crippen molar-refractivity contribution in [3.8, 4) is 0 Å². The van der Waals surface area contributed by atoms with Crippen molar-refractivity contribution in [1.29, 1.82) is 0 Å². The normalized spacial score (nSPS) is 33.1. The van der Waals surface area contributed by atoms with Crippen molar-refractivity contribution in [1.82, 2.24) is 20.0 Å². The molecule has 2 aliphatic heterocycles. The predicted molar refractivity (Wildman–Crippen MR) is 73.0 cm³/mol. The number of Topliss-reactive ketones (excluding diaryl/α,β-unsaturated/α-hetero) is 1. The van der Waals surface area contributed by atoms with Gasteiger partial charge in [0.2, 0.25) is 5.91 Å². The van der Waals surface area contributed by atoms with E-state index >= 15 is 0 Å². The summed E-state index contributed by atoms with van der Waals surface area (Å²) in [6.45, 7) is 6.07. The van der Waals surface area contributed by atoms with E-state index in [4.69, 9.17) is 0 Å². The minimum absolute atomic E-state index is 0.328. The Hall–Kier alpha value is -2.12. The fourth-order valence-corrected chi connectivity index (χ4v) is 2.96. The molecule has 2 aliphatic rings. The first kappa shape index (κ1) is 15.3. The number of hydrogen-bond acceptors (Lipinski definition) is 4. The Morgan fingerprint density at radius 2 is 1.67 bits per heavy atom. The van der Waals surface area contributed by atoms with Gasteiger partial charge in [0.1, 0.15) is 5.78 Å². The molecular weight excluding hydrogens is 276 g/mol. The molecule has 0 aliphatic carbocycles. The van der Waals surface area contributed by atoms with Crippen LogP contribution in [-0.4, -0.2) is 63.9 Å². The highest BCUT2D eigenvalue weighted by Gasteiger charge is 2.71. The van der Waals surface area contributed by atoms with Gasteiger partial charge in [0.05, 0.1) is 5.92 Å². The van der Waals surface area contributed by atoms with Gasteiger partial charge in [0.25, 0.3) is 0 Å². The second kappa shape index (κ2) is 4.19. The Morgan fingerprint density at radius 1 is 1.14 bits per heavy atom. The van der Waals surface area contributed by atoms with Gasteiger partial charge in [0, 0.05) is 14.1 Å². The van der Waals surface area contributed by atoms with Gasteiger partial charge in [-0.3, -0.25) is 9.59 Å². The summed E-state index contributed by atoms with van der Waals surface area (Å²) < 4.78 is 0. The first-order valence-electron chi connectivity index (χ1n) is 6.68. The number of fused-ring (bicyclic) bond motifs is 1. The zero-order chi connectivity index (χ0) is 16.3. The van der Waals surface area contributed by atoms with Crippen LogP contribution in [0.15, 0.2) is 0 Å². The Labute approximate surface area is 123 Å². The molecule has 21 heavy (non-hydrogen) atoms. The molecule has 2 saturated heterocycles. The molecule has 5 amide bonds. The van der Waals surface area contributed by atoms with Crippen molar-refractivity contribution in [3.63, 3.8) is 0 Å². The lowest BCUT2D eigenvalue weighted by atomic mass is 9.95. The predicted octanol–water partition coefficient (Wildman–Crippen LogP) is 0.193. The summed E-state index contributed by atoms with van der Waals surface area (Å²) in [4.78, 5) is 52.2. The number of imide groups is 1. The number of hydrogen-bond donors (Lipinski definition) is 1. The van der Waals surface area contributed by atoms with Crippen LogP contribution in [0.3, 0.4) is 0 Å². The molecule has 116 valence electrons. The monoisotopic (exact) mass is 296 g/mol. The molecule has 0 saturated carbocycles. The fraction of sp³-hybridized carbons (Fsp3) is 0.692. The van der Waals surface area contributed by atoms with Crippen molar-refractivity contribution >= 4 is 23.8 Å². The highest BCUT2D eigenvalue weighted by molar-refractivity contribution is 6.08. The van der Waals surface area contributed by atoms with Gasteiger partial charge in [-0.1, -0.05) is 0 Å². The molecule has 0 unspecified atom stereocenters. The van der Waals surface area contributed by atoms with Crippen molar-refractivity contribution in [2.45, 2.75) is 39.0 Å².